The number of halogens is 1. The lowest BCUT2D eigenvalue weighted by Crippen LogP contribution is -2.58. The van der Waals surface area contributed by atoms with Crippen LogP contribution in [0.5, 0.6) is 0 Å². The number of benzene rings is 1. The van der Waals surface area contributed by atoms with Gasteiger partial charge in [0.15, 0.2) is 0 Å². The highest BCUT2D eigenvalue weighted by Crippen LogP contribution is 2.23. The van der Waals surface area contributed by atoms with Gasteiger partial charge < -0.3 is 35.4 Å². The summed E-state index contributed by atoms with van der Waals surface area (Å²) in [4.78, 5) is 98.5. The predicted octanol–water partition coefficient (Wildman–Crippen LogP) is 1.76. The van der Waals surface area contributed by atoms with Crippen LogP contribution in [0.4, 0.5) is 4.39 Å². The largest absolute Gasteiger partial charge is 0.461 e. The third-order valence-electron chi connectivity index (χ3n) is 9.86. The number of fused-ring (bicyclic) bond motifs is 2. The molecule has 0 spiro atoms. The van der Waals surface area contributed by atoms with Crippen LogP contribution in [-0.2, 0) is 44.7 Å². The van der Waals surface area contributed by atoms with Crippen molar-refractivity contribution in [1.82, 2.24) is 30.7 Å². The molecule has 3 fully saturated rings. The number of cyclic esters (lactones) is 1. The summed E-state index contributed by atoms with van der Waals surface area (Å²) in [6, 6.07) is 0.196. The fourth-order valence-corrected chi connectivity index (χ4v) is 6.94. The maximum Gasteiger partial charge on any atom is 0.328 e. The number of nitrogens with zero attached hydrogens (tertiary/aromatic N) is 3. The Balaban J connectivity index is 1.62. The Labute approximate surface area is 310 Å². The SMILES string of the molecule is CCCCC=CC(=O)NC(Cc1cccc(F)c1)C(=O)NC1COC(=O)C2CCCN2C(=O)C(C)NC(=O)CCCCN(C)C(=O)C2CCCN2C1=O. The van der Waals surface area contributed by atoms with E-state index >= 15 is 0 Å². The Morgan fingerprint density at radius 2 is 1.70 bits per heavy atom. The van der Waals surface area contributed by atoms with Crippen molar-refractivity contribution in [1.29, 1.82) is 0 Å². The molecule has 6 amide bonds. The zero-order valence-electron chi connectivity index (χ0n) is 30.9. The summed E-state index contributed by atoms with van der Waals surface area (Å²) in [6.07, 6.45) is 8.24. The standard InChI is InChI=1S/C38H53FN6O8/c1-4-5-6-7-17-33(47)41-28(23-26-13-10-14-27(39)22-26)34(48)42-29-24-53-38(52)31-16-12-21-45(31)35(49)25(2)40-32(46)18-8-9-19-43(3)37(51)30-15-11-20-44(30)36(29)50/h7,10,13-14,17,22,25,28-31H,4-6,8-9,11-12,15-16,18-21,23-24H2,1-3H3,(H,40,46)(H,41,47)(H,42,48). The quantitative estimate of drug-likeness (QED) is 0.195. The average molecular weight is 741 g/mol. The molecule has 3 N–H and O–H groups in total. The third kappa shape index (κ3) is 11.6. The number of nitrogens with one attached hydrogen (secondary N) is 3. The number of hydrogen-bond acceptors (Lipinski definition) is 8. The number of carbonyl (C=O) groups excluding carboxylic acids is 7. The summed E-state index contributed by atoms with van der Waals surface area (Å²) in [5.41, 5.74) is 0.420. The van der Waals surface area contributed by atoms with E-state index in [0.717, 1.165) is 12.8 Å². The molecule has 3 heterocycles. The summed E-state index contributed by atoms with van der Waals surface area (Å²) >= 11 is 0. The van der Waals surface area contributed by atoms with E-state index in [2.05, 4.69) is 16.0 Å². The second-order valence-corrected chi connectivity index (χ2v) is 14.0. The van der Waals surface area contributed by atoms with Gasteiger partial charge in [0.25, 0.3) is 0 Å². The molecular formula is C38H53FN6O8. The predicted molar refractivity (Wildman–Crippen MR) is 192 cm³/mol. The molecule has 0 aromatic heterocycles. The molecule has 3 saturated heterocycles. The van der Waals surface area contributed by atoms with Crippen LogP contribution >= 0.6 is 0 Å². The van der Waals surface area contributed by atoms with Crippen molar-refractivity contribution in [2.45, 2.75) is 115 Å². The topological polar surface area (TPSA) is 175 Å². The van der Waals surface area contributed by atoms with Gasteiger partial charge in [-0.2, -0.15) is 0 Å². The Bertz CT molecular complexity index is 1540. The second kappa shape index (κ2) is 19.9. The Kier molecular flexibility index (Phi) is 15.3. The van der Waals surface area contributed by atoms with Crippen LogP contribution in [-0.4, -0.2) is 120 Å². The molecule has 1 aromatic rings. The average Bonchev–Trinajstić information content (AvgIpc) is 3.83. The first-order chi connectivity index (χ1) is 25.4. The van der Waals surface area contributed by atoms with E-state index in [9.17, 15) is 38.0 Å². The molecular weight excluding hydrogens is 687 g/mol. The maximum atomic E-state index is 14.3. The molecule has 0 saturated carbocycles. The van der Waals surface area contributed by atoms with Crippen LogP contribution in [0.3, 0.4) is 0 Å². The lowest BCUT2D eigenvalue weighted by molar-refractivity contribution is -0.157. The summed E-state index contributed by atoms with van der Waals surface area (Å²) in [6.45, 7) is 3.79. The Morgan fingerprint density at radius 3 is 2.42 bits per heavy atom. The van der Waals surface area contributed by atoms with Crippen molar-refractivity contribution >= 4 is 41.4 Å². The van der Waals surface area contributed by atoms with Gasteiger partial charge >= 0.3 is 5.97 Å². The summed E-state index contributed by atoms with van der Waals surface area (Å²) < 4.78 is 19.8. The van der Waals surface area contributed by atoms with E-state index in [0.29, 0.717) is 57.1 Å². The van der Waals surface area contributed by atoms with Gasteiger partial charge in [-0.1, -0.05) is 38.0 Å². The molecule has 0 bridgehead atoms. The van der Waals surface area contributed by atoms with E-state index in [4.69, 9.17) is 4.74 Å². The van der Waals surface area contributed by atoms with E-state index < -0.39 is 72.2 Å². The summed E-state index contributed by atoms with van der Waals surface area (Å²) in [7, 11) is 1.62. The van der Waals surface area contributed by atoms with Crippen molar-refractivity contribution in [2.24, 2.45) is 0 Å². The van der Waals surface area contributed by atoms with Gasteiger partial charge in [-0.25, -0.2) is 9.18 Å². The molecule has 4 rings (SSSR count). The number of carbonyl (C=O) groups is 7. The van der Waals surface area contributed by atoms with Crippen molar-refractivity contribution in [2.75, 3.05) is 33.3 Å². The number of hydrogen-bond donors (Lipinski definition) is 3. The van der Waals surface area contributed by atoms with Gasteiger partial charge in [0.1, 0.15) is 42.6 Å². The van der Waals surface area contributed by atoms with Gasteiger partial charge in [-0.3, -0.25) is 28.8 Å². The second-order valence-electron chi connectivity index (χ2n) is 14.0. The fraction of sp³-hybridized carbons (Fsp3) is 0.605. The number of esters is 1. The molecule has 5 unspecified atom stereocenters. The van der Waals surface area contributed by atoms with Gasteiger partial charge in [0, 0.05) is 39.5 Å². The minimum Gasteiger partial charge on any atom is -0.461 e. The third-order valence-corrected chi connectivity index (χ3v) is 9.86. The van der Waals surface area contributed by atoms with Crippen molar-refractivity contribution in [3.63, 3.8) is 0 Å². The van der Waals surface area contributed by atoms with Crippen LogP contribution in [0.25, 0.3) is 0 Å². The zero-order chi connectivity index (χ0) is 38.5. The molecule has 15 heteroatoms. The minimum atomic E-state index is -1.46. The lowest BCUT2D eigenvalue weighted by atomic mass is 10.0. The number of unbranched alkanes of at least 4 members (excludes halogenated alkanes) is 2. The molecule has 0 radical (unpaired) electrons. The fourth-order valence-electron chi connectivity index (χ4n) is 6.94. The Morgan fingerprint density at radius 1 is 0.981 bits per heavy atom. The van der Waals surface area contributed by atoms with Crippen molar-refractivity contribution < 1.29 is 42.7 Å². The van der Waals surface area contributed by atoms with Crippen LogP contribution in [0.1, 0.15) is 83.6 Å². The monoisotopic (exact) mass is 740 g/mol. The van der Waals surface area contributed by atoms with Gasteiger partial charge in [-0.15, -0.1) is 0 Å². The molecule has 290 valence electrons. The zero-order valence-corrected chi connectivity index (χ0v) is 30.9. The van der Waals surface area contributed by atoms with Gasteiger partial charge in [0.05, 0.1) is 0 Å². The van der Waals surface area contributed by atoms with Crippen LogP contribution in [0, 0.1) is 5.82 Å². The normalized spacial score (nSPS) is 24.5. The maximum absolute atomic E-state index is 14.3. The molecule has 14 nitrogen and oxygen atoms in total. The highest BCUT2D eigenvalue weighted by atomic mass is 19.1. The van der Waals surface area contributed by atoms with E-state index in [1.807, 2.05) is 6.92 Å². The number of allylic oxidation sites excluding steroid dienone is 1. The van der Waals surface area contributed by atoms with E-state index in [1.54, 1.807) is 26.1 Å². The van der Waals surface area contributed by atoms with E-state index in [1.165, 1.54) is 39.0 Å². The highest BCUT2D eigenvalue weighted by Gasteiger charge is 2.42. The smallest absolute Gasteiger partial charge is 0.328 e. The molecule has 1 aromatic carbocycles. The van der Waals surface area contributed by atoms with E-state index in [-0.39, 0.29) is 37.7 Å². The number of rotatable bonds is 9. The van der Waals surface area contributed by atoms with Crippen molar-refractivity contribution in [3.05, 3.63) is 47.8 Å². The Hall–Kier alpha value is -4.82. The molecule has 5 atom stereocenters. The summed E-state index contributed by atoms with van der Waals surface area (Å²) in [5, 5.41) is 8.02. The summed E-state index contributed by atoms with van der Waals surface area (Å²) in [5.74, 6) is -4.35. The first-order valence-electron chi connectivity index (χ1n) is 18.7. The number of ether oxygens (including phenoxy) is 1. The first-order valence-corrected chi connectivity index (χ1v) is 18.7. The van der Waals surface area contributed by atoms with Crippen LogP contribution in [0.15, 0.2) is 36.4 Å². The molecule has 3 aliphatic heterocycles. The van der Waals surface area contributed by atoms with Crippen molar-refractivity contribution in [3.8, 4) is 0 Å². The molecule has 3 aliphatic rings. The minimum absolute atomic E-state index is 0.109. The van der Waals surface area contributed by atoms with Crippen LogP contribution < -0.4 is 16.0 Å². The van der Waals surface area contributed by atoms with Gasteiger partial charge in [-0.05, 0) is 75.6 Å². The first kappa shape index (κ1) is 40.9. The number of amides is 6. The molecule has 0 aliphatic carbocycles. The highest BCUT2D eigenvalue weighted by molar-refractivity contribution is 5.96. The lowest BCUT2D eigenvalue weighted by Gasteiger charge is -2.32. The molecule has 53 heavy (non-hydrogen) atoms. The number of likely N-dealkylation sites (N-methyl/N-ethyl adjacent to an activating group) is 1. The van der Waals surface area contributed by atoms with Gasteiger partial charge in [0.2, 0.25) is 35.4 Å². The van der Waals surface area contributed by atoms with Crippen LogP contribution in [0.2, 0.25) is 0 Å².